The molecule has 0 unspecified atom stereocenters. The van der Waals surface area contributed by atoms with Gasteiger partial charge in [0.15, 0.2) is 0 Å². The number of ether oxygens (including phenoxy) is 1. The molecule has 0 aromatic heterocycles. The standard InChI is InChI=1S/C13H16O2/c14-12-5-2-6-15-13-8-10-4-1-3-9(10)7-11(12)13/h7-8,12,14H,1-6H2/t12-/m0/s1. The highest BCUT2D eigenvalue weighted by Gasteiger charge is 2.21. The normalized spacial score (nSPS) is 23.9. The lowest BCUT2D eigenvalue weighted by atomic mass is 10.00. The Balaban J connectivity index is 2.09. The van der Waals surface area contributed by atoms with E-state index in [1.54, 1.807) is 0 Å². The first kappa shape index (κ1) is 9.22. The predicted molar refractivity (Wildman–Crippen MR) is 58.2 cm³/mol. The second kappa shape index (κ2) is 3.53. The van der Waals surface area contributed by atoms with Gasteiger partial charge in [-0.15, -0.1) is 0 Å². The number of rotatable bonds is 0. The van der Waals surface area contributed by atoms with Crippen LogP contribution in [-0.2, 0) is 12.8 Å². The molecular weight excluding hydrogens is 188 g/mol. The second-order valence-corrected chi connectivity index (χ2v) is 4.52. The Labute approximate surface area is 89.9 Å². The number of benzene rings is 1. The van der Waals surface area contributed by atoms with Crippen LogP contribution in [0, 0.1) is 0 Å². The molecule has 0 radical (unpaired) electrons. The van der Waals surface area contributed by atoms with Crippen LogP contribution in [0.5, 0.6) is 5.75 Å². The van der Waals surface area contributed by atoms with Gasteiger partial charge in [0.1, 0.15) is 5.75 Å². The van der Waals surface area contributed by atoms with Gasteiger partial charge in [0.2, 0.25) is 0 Å². The fourth-order valence-corrected chi connectivity index (χ4v) is 2.62. The molecule has 80 valence electrons. The molecule has 0 amide bonds. The predicted octanol–water partition coefficient (Wildman–Crippen LogP) is 2.38. The van der Waals surface area contributed by atoms with Gasteiger partial charge in [-0.25, -0.2) is 0 Å². The van der Waals surface area contributed by atoms with Gasteiger partial charge in [0.05, 0.1) is 12.7 Å². The molecule has 1 aromatic carbocycles. The molecule has 2 aliphatic rings. The van der Waals surface area contributed by atoms with Gasteiger partial charge in [-0.1, -0.05) is 0 Å². The van der Waals surface area contributed by atoms with Crippen molar-refractivity contribution >= 4 is 0 Å². The molecule has 1 aliphatic heterocycles. The van der Waals surface area contributed by atoms with Crippen molar-refractivity contribution in [1.82, 2.24) is 0 Å². The van der Waals surface area contributed by atoms with Gasteiger partial charge >= 0.3 is 0 Å². The molecular formula is C13H16O2. The summed E-state index contributed by atoms with van der Waals surface area (Å²) < 4.78 is 5.68. The number of hydrogen-bond donors (Lipinski definition) is 1. The fourth-order valence-electron chi connectivity index (χ4n) is 2.62. The lowest BCUT2D eigenvalue weighted by Crippen LogP contribution is -1.98. The van der Waals surface area contributed by atoms with Crippen molar-refractivity contribution in [3.8, 4) is 5.75 Å². The number of aliphatic hydroxyl groups is 1. The van der Waals surface area contributed by atoms with Gasteiger partial charge in [0.25, 0.3) is 0 Å². The topological polar surface area (TPSA) is 29.5 Å². The van der Waals surface area contributed by atoms with Crippen molar-refractivity contribution in [2.75, 3.05) is 6.61 Å². The van der Waals surface area contributed by atoms with E-state index >= 15 is 0 Å². The lowest BCUT2D eigenvalue weighted by Gasteiger charge is -2.13. The Morgan fingerprint density at radius 1 is 1.13 bits per heavy atom. The third-order valence-electron chi connectivity index (χ3n) is 3.46. The van der Waals surface area contributed by atoms with Crippen LogP contribution in [0.4, 0.5) is 0 Å². The summed E-state index contributed by atoms with van der Waals surface area (Å²) in [4.78, 5) is 0. The average Bonchev–Trinajstić information content (AvgIpc) is 2.62. The Bertz CT molecular complexity index is 384. The first-order valence-corrected chi connectivity index (χ1v) is 5.81. The van der Waals surface area contributed by atoms with Crippen molar-refractivity contribution in [1.29, 1.82) is 0 Å². The van der Waals surface area contributed by atoms with Crippen molar-refractivity contribution in [3.63, 3.8) is 0 Å². The van der Waals surface area contributed by atoms with Gasteiger partial charge < -0.3 is 9.84 Å². The highest BCUT2D eigenvalue weighted by atomic mass is 16.5. The van der Waals surface area contributed by atoms with Gasteiger partial charge in [0, 0.05) is 5.56 Å². The lowest BCUT2D eigenvalue weighted by molar-refractivity contribution is 0.167. The summed E-state index contributed by atoms with van der Waals surface area (Å²) in [6.07, 6.45) is 5.02. The van der Waals surface area contributed by atoms with E-state index in [0.29, 0.717) is 0 Å². The zero-order valence-corrected chi connectivity index (χ0v) is 8.83. The average molecular weight is 204 g/mol. The van der Waals surface area contributed by atoms with E-state index in [4.69, 9.17) is 4.74 Å². The number of aryl methyl sites for hydroxylation is 2. The quantitative estimate of drug-likeness (QED) is 0.703. The number of hydrogen-bond acceptors (Lipinski definition) is 2. The Morgan fingerprint density at radius 2 is 1.93 bits per heavy atom. The van der Waals surface area contributed by atoms with E-state index in [1.807, 2.05) is 0 Å². The molecule has 1 N–H and O–H groups in total. The molecule has 0 saturated heterocycles. The number of aliphatic hydroxyl groups excluding tert-OH is 1. The molecule has 0 fully saturated rings. The van der Waals surface area contributed by atoms with Crippen molar-refractivity contribution in [2.24, 2.45) is 0 Å². The van der Waals surface area contributed by atoms with Crippen LogP contribution in [-0.4, -0.2) is 11.7 Å². The minimum absolute atomic E-state index is 0.326. The molecule has 1 heterocycles. The van der Waals surface area contributed by atoms with Gasteiger partial charge in [-0.3, -0.25) is 0 Å². The van der Waals surface area contributed by atoms with E-state index in [0.717, 1.165) is 37.2 Å². The molecule has 0 spiro atoms. The smallest absolute Gasteiger partial charge is 0.125 e. The van der Waals surface area contributed by atoms with Crippen LogP contribution in [0.25, 0.3) is 0 Å². The summed E-state index contributed by atoms with van der Waals surface area (Å²) in [6, 6.07) is 4.31. The molecule has 1 atom stereocenters. The van der Waals surface area contributed by atoms with E-state index in [2.05, 4.69) is 12.1 Å². The number of fused-ring (bicyclic) bond motifs is 2. The maximum Gasteiger partial charge on any atom is 0.125 e. The summed E-state index contributed by atoms with van der Waals surface area (Å²) in [5.74, 6) is 0.917. The van der Waals surface area contributed by atoms with Crippen LogP contribution in [0.15, 0.2) is 12.1 Å². The Hall–Kier alpha value is -1.02. The van der Waals surface area contributed by atoms with Crippen LogP contribution in [0.1, 0.15) is 42.1 Å². The first-order valence-electron chi connectivity index (χ1n) is 5.81. The molecule has 2 heteroatoms. The molecule has 0 saturated carbocycles. The van der Waals surface area contributed by atoms with Crippen molar-refractivity contribution in [2.45, 2.75) is 38.2 Å². The second-order valence-electron chi connectivity index (χ2n) is 4.52. The van der Waals surface area contributed by atoms with Crippen molar-refractivity contribution < 1.29 is 9.84 Å². The Kier molecular flexibility index (Phi) is 2.17. The first-order chi connectivity index (χ1) is 7.34. The maximum absolute atomic E-state index is 9.99. The van der Waals surface area contributed by atoms with E-state index in [9.17, 15) is 5.11 Å². The van der Waals surface area contributed by atoms with E-state index < -0.39 is 0 Å². The minimum atomic E-state index is -0.326. The molecule has 1 aliphatic carbocycles. The molecule has 2 nitrogen and oxygen atoms in total. The highest BCUT2D eigenvalue weighted by Crippen LogP contribution is 2.36. The Morgan fingerprint density at radius 3 is 2.80 bits per heavy atom. The molecule has 0 bridgehead atoms. The highest BCUT2D eigenvalue weighted by molar-refractivity contribution is 5.46. The molecule has 3 rings (SSSR count). The van der Waals surface area contributed by atoms with Gasteiger partial charge in [-0.05, 0) is 55.4 Å². The van der Waals surface area contributed by atoms with Crippen LogP contribution < -0.4 is 4.74 Å². The zero-order chi connectivity index (χ0) is 10.3. The van der Waals surface area contributed by atoms with Gasteiger partial charge in [-0.2, -0.15) is 0 Å². The van der Waals surface area contributed by atoms with Crippen molar-refractivity contribution in [3.05, 3.63) is 28.8 Å². The third-order valence-corrected chi connectivity index (χ3v) is 3.46. The third kappa shape index (κ3) is 1.53. The summed E-state index contributed by atoms with van der Waals surface area (Å²) >= 11 is 0. The summed E-state index contributed by atoms with van der Waals surface area (Å²) in [6.45, 7) is 0.739. The maximum atomic E-state index is 9.99. The molecule has 15 heavy (non-hydrogen) atoms. The van der Waals surface area contributed by atoms with Crippen LogP contribution >= 0.6 is 0 Å². The zero-order valence-electron chi connectivity index (χ0n) is 8.83. The monoisotopic (exact) mass is 204 g/mol. The summed E-state index contributed by atoms with van der Waals surface area (Å²) in [5.41, 5.74) is 3.84. The van der Waals surface area contributed by atoms with Crippen LogP contribution in [0.2, 0.25) is 0 Å². The summed E-state index contributed by atoms with van der Waals surface area (Å²) in [5, 5.41) is 9.99. The summed E-state index contributed by atoms with van der Waals surface area (Å²) in [7, 11) is 0. The minimum Gasteiger partial charge on any atom is -0.493 e. The van der Waals surface area contributed by atoms with E-state index in [1.165, 1.54) is 24.0 Å². The van der Waals surface area contributed by atoms with E-state index in [-0.39, 0.29) is 6.10 Å². The fraction of sp³-hybridized carbons (Fsp3) is 0.538. The van der Waals surface area contributed by atoms with Crippen LogP contribution in [0.3, 0.4) is 0 Å². The molecule has 1 aromatic rings. The largest absolute Gasteiger partial charge is 0.493 e. The SMILES string of the molecule is O[C@H]1CCCOc2cc3c(cc21)CCC3.